The van der Waals surface area contributed by atoms with Gasteiger partial charge in [-0.3, -0.25) is 0 Å². The molecule has 2 N–H and O–H groups in total. The molecule has 0 fully saturated rings. The highest BCUT2D eigenvalue weighted by atomic mass is 127. The standard InChI is InChI=1S/C9H9BrIN/c1-2-9(12)6-3-4-8(11)7(10)5-6/h2-5,9H,1,12H2/t9-/m0/s1. The van der Waals surface area contributed by atoms with Gasteiger partial charge in [0.1, 0.15) is 0 Å². The van der Waals surface area contributed by atoms with E-state index < -0.39 is 0 Å². The maximum Gasteiger partial charge on any atom is 0.0478 e. The molecular formula is C9H9BrIN. The monoisotopic (exact) mass is 337 g/mol. The molecule has 3 heteroatoms. The highest BCUT2D eigenvalue weighted by molar-refractivity contribution is 14.1. The molecule has 1 aromatic carbocycles. The molecular weight excluding hydrogens is 329 g/mol. The van der Waals surface area contributed by atoms with Crippen LogP contribution in [-0.2, 0) is 0 Å². The quantitative estimate of drug-likeness (QED) is 0.650. The fourth-order valence-electron chi connectivity index (χ4n) is 0.856. The minimum atomic E-state index is -0.0710. The fourth-order valence-corrected chi connectivity index (χ4v) is 1.59. The predicted octanol–water partition coefficient (Wildman–Crippen LogP) is 3.24. The zero-order valence-electron chi connectivity index (χ0n) is 6.43. The van der Waals surface area contributed by atoms with Gasteiger partial charge in [-0.25, -0.2) is 0 Å². The summed E-state index contributed by atoms with van der Waals surface area (Å²) in [7, 11) is 0. The maximum absolute atomic E-state index is 5.77. The van der Waals surface area contributed by atoms with Crippen LogP contribution in [0.4, 0.5) is 0 Å². The molecule has 1 rings (SSSR count). The van der Waals surface area contributed by atoms with Gasteiger partial charge in [-0.2, -0.15) is 0 Å². The first-order valence-corrected chi connectivity index (χ1v) is 5.35. The molecule has 0 aliphatic carbocycles. The Labute approximate surface area is 94.3 Å². The summed E-state index contributed by atoms with van der Waals surface area (Å²) in [5.74, 6) is 0. The van der Waals surface area contributed by atoms with Crippen LogP contribution >= 0.6 is 38.5 Å². The lowest BCUT2D eigenvalue weighted by Crippen LogP contribution is -2.06. The van der Waals surface area contributed by atoms with Crippen molar-refractivity contribution in [2.45, 2.75) is 6.04 Å². The Balaban J connectivity index is 3.04. The van der Waals surface area contributed by atoms with Crippen LogP contribution in [0.2, 0.25) is 0 Å². The zero-order valence-corrected chi connectivity index (χ0v) is 10.2. The lowest BCUT2D eigenvalue weighted by atomic mass is 10.1. The minimum Gasteiger partial charge on any atom is -0.321 e. The molecule has 0 aromatic heterocycles. The Morgan fingerprint density at radius 1 is 1.58 bits per heavy atom. The third-order valence-corrected chi connectivity index (χ3v) is 3.92. The Morgan fingerprint density at radius 2 is 2.25 bits per heavy atom. The highest BCUT2D eigenvalue weighted by Crippen LogP contribution is 2.22. The zero-order chi connectivity index (χ0) is 9.14. The summed E-state index contributed by atoms with van der Waals surface area (Å²) < 4.78 is 2.27. The van der Waals surface area contributed by atoms with E-state index in [1.807, 2.05) is 18.2 Å². The van der Waals surface area contributed by atoms with Gasteiger partial charge in [0.05, 0.1) is 0 Å². The molecule has 0 unspecified atom stereocenters. The molecule has 0 aliphatic rings. The van der Waals surface area contributed by atoms with E-state index in [1.165, 1.54) is 3.57 Å². The number of hydrogen-bond donors (Lipinski definition) is 1. The number of hydrogen-bond acceptors (Lipinski definition) is 1. The third-order valence-electron chi connectivity index (χ3n) is 1.58. The first-order chi connectivity index (χ1) is 5.65. The van der Waals surface area contributed by atoms with E-state index >= 15 is 0 Å². The van der Waals surface area contributed by atoms with E-state index in [0.29, 0.717) is 0 Å². The summed E-state index contributed by atoms with van der Waals surface area (Å²) in [6, 6.07) is 5.99. The number of halogens is 2. The van der Waals surface area contributed by atoms with Crippen LogP contribution in [0.3, 0.4) is 0 Å². The van der Waals surface area contributed by atoms with Crippen LogP contribution in [0.5, 0.6) is 0 Å². The fraction of sp³-hybridized carbons (Fsp3) is 0.111. The molecule has 12 heavy (non-hydrogen) atoms. The SMILES string of the molecule is C=C[C@H](N)c1ccc(I)c(Br)c1. The molecule has 1 nitrogen and oxygen atoms in total. The van der Waals surface area contributed by atoms with Crippen molar-refractivity contribution >= 4 is 38.5 Å². The topological polar surface area (TPSA) is 26.0 Å². The van der Waals surface area contributed by atoms with Gasteiger partial charge in [0.15, 0.2) is 0 Å². The average molecular weight is 338 g/mol. The lowest BCUT2D eigenvalue weighted by molar-refractivity contribution is 0.912. The van der Waals surface area contributed by atoms with E-state index in [0.717, 1.165) is 10.0 Å². The Bertz CT molecular complexity index is 299. The van der Waals surface area contributed by atoms with Gasteiger partial charge in [-0.15, -0.1) is 6.58 Å². The molecule has 0 saturated carbocycles. The summed E-state index contributed by atoms with van der Waals surface area (Å²) in [6.45, 7) is 3.65. The summed E-state index contributed by atoms with van der Waals surface area (Å²) in [6.07, 6.45) is 1.73. The van der Waals surface area contributed by atoms with Gasteiger partial charge >= 0.3 is 0 Å². The van der Waals surface area contributed by atoms with Crippen LogP contribution in [0.25, 0.3) is 0 Å². The van der Waals surface area contributed by atoms with Crippen LogP contribution in [0.15, 0.2) is 35.3 Å². The summed E-state index contributed by atoms with van der Waals surface area (Å²) >= 11 is 5.71. The molecule has 0 heterocycles. The van der Waals surface area contributed by atoms with Crippen molar-refractivity contribution in [3.63, 3.8) is 0 Å². The normalized spacial score (nSPS) is 12.6. The second-order valence-corrected chi connectivity index (χ2v) is 4.45. The number of benzene rings is 1. The van der Waals surface area contributed by atoms with Crippen molar-refractivity contribution in [2.24, 2.45) is 5.73 Å². The van der Waals surface area contributed by atoms with E-state index in [-0.39, 0.29) is 6.04 Å². The molecule has 0 saturated heterocycles. The molecule has 0 bridgehead atoms. The van der Waals surface area contributed by atoms with Crippen molar-refractivity contribution in [1.29, 1.82) is 0 Å². The second kappa shape index (κ2) is 4.39. The molecule has 0 spiro atoms. The van der Waals surface area contributed by atoms with Gasteiger partial charge in [-0.1, -0.05) is 12.1 Å². The Hall–Kier alpha value is 0.130. The van der Waals surface area contributed by atoms with E-state index in [4.69, 9.17) is 5.73 Å². The molecule has 0 aliphatic heterocycles. The van der Waals surface area contributed by atoms with Gasteiger partial charge in [0.25, 0.3) is 0 Å². The molecule has 1 aromatic rings. The van der Waals surface area contributed by atoms with Crippen LogP contribution in [0.1, 0.15) is 11.6 Å². The van der Waals surface area contributed by atoms with Crippen molar-refractivity contribution in [2.75, 3.05) is 0 Å². The van der Waals surface area contributed by atoms with Crippen LogP contribution in [-0.4, -0.2) is 0 Å². The molecule has 64 valence electrons. The summed E-state index contributed by atoms with van der Waals surface area (Å²) in [5.41, 5.74) is 6.85. The van der Waals surface area contributed by atoms with E-state index in [2.05, 4.69) is 45.1 Å². The third kappa shape index (κ3) is 2.31. The van der Waals surface area contributed by atoms with Crippen molar-refractivity contribution in [3.8, 4) is 0 Å². The second-order valence-electron chi connectivity index (χ2n) is 2.44. The number of rotatable bonds is 2. The Morgan fingerprint density at radius 3 is 2.75 bits per heavy atom. The highest BCUT2D eigenvalue weighted by Gasteiger charge is 2.02. The molecule has 0 radical (unpaired) electrons. The van der Waals surface area contributed by atoms with Gasteiger partial charge in [-0.05, 0) is 56.2 Å². The van der Waals surface area contributed by atoms with E-state index in [1.54, 1.807) is 6.08 Å². The first-order valence-electron chi connectivity index (χ1n) is 3.48. The van der Waals surface area contributed by atoms with Gasteiger partial charge < -0.3 is 5.73 Å². The maximum atomic E-state index is 5.77. The predicted molar refractivity (Wildman–Crippen MR) is 64.0 cm³/mol. The average Bonchev–Trinajstić information content (AvgIpc) is 2.08. The van der Waals surface area contributed by atoms with Crippen molar-refractivity contribution < 1.29 is 0 Å². The van der Waals surface area contributed by atoms with E-state index in [9.17, 15) is 0 Å². The summed E-state index contributed by atoms with van der Waals surface area (Å²) in [5, 5.41) is 0. The lowest BCUT2D eigenvalue weighted by Gasteiger charge is -2.07. The largest absolute Gasteiger partial charge is 0.321 e. The summed E-state index contributed by atoms with van der Waals surface area (Å²) in [4.78, 5) is 0. The minimum absolute atomic E-state index is 0.0710. The van der Waals surface area contributed by atoms with Crippen LogP contribution < -0.4 is 5.73 Å². The Kier molecular flexibility index (Phi) is 3.74. The molecule has 0 amide bonds. The van der Waals surface area contributed by atoms with Crippen LogP contribution in [0, 0.1) is 3.57 Å². The number of nitrogens with two attached hydrogens (primary N) is 1. The molecule has 1 atom stereocenters. The van der Waals surface area contributed by atoms with Crippen molar-refractivity contribution in [1.82, 2.24) is 0 Å². The van der Waals surface area contributed by atoms with Crippen molar-refractivity contribution in [3.05, 3.63) is 44.5 Å². The van der Waals surface area contributed by atoms with Gasteiger partial charge in [0.2, 0.25) is 0 Å². The smallest absolute Gasteiger partial charge is 0.0478 e. The first kappa shape index (κ1) is 10.2. The van der Waals surface area contributed by atoms with Gasteiger partial charge in [0, 0.05) is 14.1 Å².